The first-order chi connectivity index (χ1) is 17.5. The van der Waals surface area contributed by atoms with Gasteiger partial charge in [0.2, 0.25) is 5.91 Å². The molecule has 0 spiro atoms. The maximum Gasteiger partial charge on any atom is 0.291 e. The van der Waals surface area contributed by atoms with E-state index in [1.54, 1.807) is 60.7 Å². The fourth-order valence-electron chi connectivity index (χ4n) is 3.51. The van der Waals surface area contributed by atoms with Crippen LogP contribution >= 0.6 is 0 Å². The lowest BCUT2D eigenvalue weighted by Gasteiger charge is -2.14. The lowest BCUT2D eigenvalue weighted by Crippen LogP contribution is -2.26. The number of carbonyl (C=O) groups is 3. The standard InChI is InChI=1S/C28H26N4O4/c1-19(20-7-3-2-4-8-20)30-27(34)21-12-14-22(15-13-21)29-18-26(33)31-23-9-5-10-24(17-23)32-28(35)25-11-6-16-36-25/h2-17,19,29H,18H2,1H3,(H,30,34)(H,31,33)(H,32,35). The van der Waals surface area contributed by atoms with Crippen molar-refractivity contribution < 1.29 is 18.8 Å². The van der Waals surface area contributed by atoms with Crippen LogP contribution in [0.15, 0.2) is 102 Å². The minimum atomic E-state index is -0.378. The summed E-state index contributed by atoms with van der Waals surface area (Å²) in [5.41, 5.74) is 3.33. The van der Waals surface area contributed by atoms with E-state index < -0.39 is 0 Å². The first kappa shape index (κ1) is 24.3. The molecule has 36 heavy (non-hydrogen) atoms. The molecule has 0 radical (unpaired) electrons. The van der Waals surface area contributed by atoms with Gasteiger partial charge in [-0.3, -0.25) is 14.4 Å². The monoisotopic (exact) mass is 482 g/mol. The highest BCUT2D eigenvalue weighted by Gasteiger charge is 2.12. The third kappa shape index (κ3) is 6.60. The van der Waals surface area contributed by atoms with Crippen molar-refractivity contribution in [2.75, 3.05) is 22.5 Å². The number of nitrogens with one attached hydrogen (secondary N) is 4. The van der Waals surface area contributed by atoms with Crippen molar-refractivity contribution in [2.45, 2.75) is 13.0 Å². The van der Waals surface area contributed by atoms with Gasteiger partial charge in [0.1, 0.15) is 0 Å². The quantitative estimate of drug-likeness (QED) is 0.266. The van der Waals surface area contributed by atoms with Gasteiger partial charge in [0.05, 0.1) is 18.8 Å². The molecule has 1 atom stereocenters. The maximum atomic E-state index is 12.5. The zero-order valence-corrected chi connectivity index (χ0v) is 19.7. The van der Waals surface area contributed by atoms with Crippen LogP contribution in [0.25, 0.3) is 0 Å². The van der Waals surface area contributed by atoms with E-state index in [4.69, 9.17) is 4.42 Å². The van der Waals surface area contributed by atoms with E-state index in [0.29, 0.717) is 22.6 Å². The molecule has 0 aliphatic rings. The summed E-state index contributed by atoms with van der Waals surface area (Å²) in [6.45, 7) is 1.96. The predicted molar refractivity (Wildman–Crippen MR) is 139 cm³/mol. The van der Waals surface area contributed by atoms with E-state index in [2.05, 4.69) is 21.3 Å². The molecule has 1 aromatic heterocycles. The molecule has 0 aliphatic carbocycles. The summed E-state index contributed by atoms with van der Waals surface area (Å²) >= 11 is 0. The number of amides is 3. The van der Waals surface area contributed by atoms with Gasteiger partial charge in [-0.15, -0.1) is 0 Å². The molecule has 8 heteroatoms. The molecule has 4 rings (SSSR count). The van der Waals surface area contributed by atoms with Crippen LogP contribution in [0.2, 0.25) is 0 Å². The number of anilines is 3. The third-order valence-corrected chi connectivity index (χ3v) is 5.40. The lowest BCUT2D eigenvalue weighted by atomic mass is 10.1. The molecule has 3 aromatic carbocycles. The second-order valence-electron chi connectivity index (χ2n) is 8.10. The van der Waals surface area contributed by atoms with Crippen LogP contribution in [0.3, 0.4) is 0 Å². The second-order valence-corrected chi connectivity index (χ2v) is 8.10. The summed E-state index contributed by atoms with van der Waals surface area (Å²) in [5, 5.41) is 11.5. The van der Waals surface area contributed by atoms with Crippen molar-refractivity contribution in [1.29, 1.82) is 0 Å². The molecule has 1 heterocycles. The Labute approximate surface area is 208 Å². The second kappa shape index (κ2) is 11.5. The summed E-state index contributed by atoms with van der Waals surface area (Å²) in [6, 6.07) is 26.6. The minimum absolute atomic E-state index is 0.0273. The maximum absolute atomic E-state index is 12.5. The predicted octanol–water partition coefficient (Wildman–Crippen LogP) is 5.07. The highest BCUT2D eigenvalue weighted by atomic mass is 16.3. The third-order valence-electron chi connectivity index (χ3n) is 5.40. The highest BCUT2D eigenvalue weighted by molar-refractivity contribution is 6.03. The normalized spacial score (nSPS) is 11.2. The summed E-state index contributed by atoms with van der Waals surface area (Å²) in [5.74, 6) is -0.614. The van der Waals surface area contributed by atoms with Gasteiger partial charge >= 0.3 is 0 Å². The zero-order chi connectivity index (χ0) is 25.3. The van der Waals surface area contributed by atoms with Gasteiger partial charge in [0.15, 0.2) is 5.76 Å². The van der Waals surface area contributed by atoms with Gasteiger partial charge in [-0.1, -0.05) is 36.4 Å². The van der Waals surface area contributed by atoms with Crippen LogP contribution < -0.4 is 21.3 Å². The number of carbonyl (C=O) groups excluding carboxylic acids is 3. The summed E-state index contributed by atoms with van der Waals surface area (Å²) in [7, 11) is 0. The van der Waals surface area contributed by atoms with E-state index >= 15 is 0 Å². The van der Waals surface area contributed by atoms with E-state index in [-0.39, 0.29) is 36.1 Å². The van der Waals surface area contributed by atoms with Crippen LogP contribution in [0.1, 0.15) is 39.4 Å². The average molecular weight is 483 g/mol. The number of hydrogen-bond acceptors (Lipinski definition) is 5. The van der Waals surface area contributed by atoms with Crippen molar-refractivity contribution in [3.05, 3.63) is 114 Å². The molecule has 4 aromatic rings. The van der Waals surface area contributed by atoms with Crippen molar-refractivity contribution in [3.8, 4) is 0 Å². The van der Waals surface area contributed by atoms with Crippen LogP contribution in [0.5, 0.6) is 0 Å². The number of rotatable bonds is 9. The Morgan fingerprint density at radius 2 is 1.47 bits per heavy atom. The lowest BCUT2D eigenvalue weighted by molar-refractivity contribution is -0.114. The molecular formula is C28H26N4O4. The Kier molecular flexibility index (Phi) is 7.77. The molecule has 8 nitrogen and oxygen atoms in total. The fraction of sp³-hybridized carbons (Fsp3) is 0.107. The van der Waals surface area contributed by atoms with Gasteiger partial charge in [-0.2, -0.15) is 0 Å². The molecule has 0 saturated heterocycles. The molecular weight excluding hydrogens is 456 g/mol. The first-order valence-corrected chi connectivity index (χ1v) is 11.4. The van der Waals surface area contributed by atoms with Crippen LogP contribution in [0, 0.1) is 0 Å². The van der Waals surface area contributed by atoms with E-state index in [1.807, 2.05) is 37.3 Å². The summed E-state index contributed by atoms with van der Waals surface area (Å²) < 4.78 is 5.08. The molecule has 4 N–H and O–H groups in total. The highest BCUT2D eigenvalue weighted by Crippen LogP contribution is 2.17. The zero-order valence-electron chi connectivity index (χ0n) is 19.7. The Hall–Kier alpha value is -4.85. The Morgan fingerprint density at radius 1 is 0.750 bits per heavy atom. The number of hydrogen-bond donors (Lipinski definition) is 4. The fourth-order valence-corrected chi connectivity index (χ4v) is 3.51. The molecule has 3 amide bonds. The smallest absolute Gasteiger partial charge is 0.291 e. The average Bonchev–Trinajstić information content (AvgIpc) is 3.44. The van der Waals surface area contributed by atoms with Crippen molar-refractivity contribution in [3.63, 3.8) is 0 Å². The van der Waals surface area contributed by atoms with E-state index in [0.717, 1.165) is 5.56 Å². The Bertz CT molecular complexity index is 1320. The van der Waals surface area contributed by atoms with Crippen molar-refractivity contribution in [1.82, 2.24) is 5.32 Å². The largest absolute Gasteiger partial charge is 0.459 e. The van der Waals surface area contributed by atoms with Crippen LogP contribution in [0.4, 0.5) is 17.1 Å². The van der Waals surface area contributed by atoms with Gasteiger partial charge in [-0.25, -0.2) is 0 Å². The van der Waals surface area contributed by atoms with Gasteiger partial charge < -0.3 is 25.7 Å². The van der Waals surface area contributed by atoms with E-state index in [9.17, 15) is 14.4 Å². The van der Waals surface area contributed by atoms with Crippen LogP contribution in [-0.4, -0.2) is 24.3 Å². The molecule has 0 saturated carbocycles. The number of benzene rings is 3. The summed E-state index contributed by atoms with van der Waals surface area (Å²) in [6.07, 6.45) is 1.42. The van der Waals surface area contributed by atoms with E-state index in [1.165, 1.54) is 6.26 Å². The molecule has 0 fully saturated rings. The van der Waals surface area contributed by atoms with Gasteiger partial charge in [0.25, 0.3) is 11.8 Å². The van der Waals surface area contributed by atoms with Crippen LogP contribution in [-0.2, 0) is 4.79 Å². The SMILES string of the molecule is CC(NC(=O)c1ccc(NCC(=O)Nc2cccc(NC(=O)c3ccco3)c2)cc1)c1ccccc1. The molecule has 0 aliphatic heterocycles. The first-order valence-electron chi connectivity index (χ1n) is 11.4. The Balaban J connectivity index is 1.26. The van der Waals surface area contributed by atoms with Gasteiger partial charge in [0, 0.05) is 22.6 Å². The molecule has 0 bridgehead atoms. The topological polar surface area (TPSA) is 112 Å². The summed E-state index contributed by atoms with van der Waals surface area (Å²) in [4.78, 5) is 37.1. The Morgan fingerprint density at radius 3 is 2.17 bits per heavy atom. The molecule has 1 unspecified atom stereocenters. The molecule has 182 valence electrons. The van der Waals surface area contributed by atoms with Crippen molar-refractivity contribution >= 4 is 34.8 Å². The van der Waals surface area contributed by atoms with Crippen molar-refractivity contribution in [2.24, 2.45) is 0 Å². The van der Waals surface area contributed by atoms with Gasteiger partial charge in [-0.05, 0) is 67.1 Å². The minimum Gasteiger partial charge on any atom is -0.459 e. The number of furan rings is 1.